The Bertz CT molecular complexity index is 1090. The van der Waals surface area contributed by atoms with Crippen LogP contribution in [0.5, 0.6) is 0 Å². The molecule has 172 valence electrons. The van der Waals surface area contributed by atoms with Crippen LogP contribution in [0.25, 0.3) is 11.1 Å². The Morgan fingerprint density at radius 3 is 2.12 bits per heavy atom. The zero-order valence-electron chi connectivity index (χ0n) is 18.8. The van der Waals surface area contributed by atoms with E-state index in [1.54, 1.807) is 0 Å². The second-order valence-corrected chi connectivity index (χ2v) is 10.1. The van der Waals surface area contributed by atoms with E-state index in [2.05, 4.69) is 29.6 Å². The molecule has 0 aromatic heterocycles. The van der Waals surface area contributed by atoms with Crippen LogP contribution in [-0.4, -0.2) is 53.7 Å². The summed E-state index contributed by atoms with van der Waals surface area (Å²) in [5.41, 5.74) is 3.44. The molecule has 0 spiro atoms. The molecule has 2 fully saturated rings. The number of nitrogens with zero attached hydrogens (tertiary/aromatic N) is 1. The third kappa shape index (κ3) is 3.56. The van der Waals surface area contributed by atoms with E-state index >= 15 is 0 Å². The summed E-state index contributed by atoms with van der Waals surface area (Å²) in [4.78, 5) is 38.6. The van der Waals surface area contributed by atoms with Crippen molar-refractivity contribution in [3.8, 4) is 11.1 Å². The predicted octanol–water partition coefficient (Wildman–Crippen LogP) is 3.63. The summed E-state index contributed by atoms with van der Waals surface area (Å²) in [6.45, 7) is 4.48. The third-order valence-electron chi connectivity index (χ3n) is 7.35. The summed E-state index contributed by atoms with van der Waals surface area (Å²) in [6.07, 6.45) is 0.715. The molecule has 2 N–H and O–H groups in total. The molecule has 2 aromatic rings. The fourth-order valence-corrected chi connectivity index (χ4v) is 5.40. The minimum absolute atomic E-state index is 0.0284. The minimum atomic E-state index is -0.986. The standard InChI is InChI=1S/C26H28N2O5/c1-25(2)15-28(21(25)22(29)30)23(31)26(11-12-26)14-27-24(32)33-13-20-18-9-5-3-7-16(18)17-8-4-6-10-19(17)20/h3-10,20-21H,11-15H2,1-2H3,(H,27,32)(H,29,30). The average Bonchev–Trinajstić information content (AvgIpc) is 3.51. The fraction of sp³-hybridized carbons (Fsp3) is 0.423. The topological polar surface area (TPSA) is 95.9 Å². The van der Waals surface area contributed by atoms with E-state index in [-0.39, 0.29) is 25.0 Å². The van der Waals surface area contributed by atoms with E-state index in [1.165, 1.54) is 4.90 Å². The first-order valence-corrected chi connectivity index (χ1v) is 11.4. The Morgan fingerprint density at radius 2 is 1.61 bits per heavy atom. The number of likely N-dealkylation sites (tertiary alicyclic amines) is 1. The van der Waals surface area contributed by atoms with Gasteiger partial charge in [-0.3, -0.25) is 4.79 Å². The summed E-state index contributed by atoms with van der Waals surface area (Å²) in [7, 11) is 0. The van der Waals surface area contributed by atoms with Crippen LogP contribution in [0.15, 0.2) is 48.5 Å². The van der Waals surface area contributed by atoms with Gasteiger partial charge in [-0.2, -0.15) is 0 Å². The van der Waals surface area contributed by atoms with Gasteiger partial charge in [0.2, 0.25) is 5.91 Å². The van der Waals surface area contributed by atoms with Gasteiger partial charge >= 0.3 is 12.1 Å². The maximum Gasteiger partial charge on any atom is 0.407 e. The molecule has 1 heterocycles. The predicted molar refractivity (Wildman–Crippen MR) is 122 cm³/mol. The van der Waals surface area contributed by atoms with E-state index in [4.69, 9.17) is 4.74 Å². The summed E-state index contributed by atoms with van der Waals surface area (Å²) in [5.74, 6) is -1.20. The molecule has 7 heteroatoms. The smallest absolute Gasteiger partial charge is 0.407 e. The Hall–Kier alpha value is -3.35. The zero-order chi connectivity index (χ0) is 23.4. The number of nitrogens with one attached hydrogen (secondary N) is 1. The van der Waals surface area contributed by atoms with E-state index in [9.17, 15) is 19.5 Å². The van der Waals surface area contributed by atoms with Gasteiger partial charge in [0.05, 0.1) is 5.41 Å². The molecule has 3 aliphatic rings. The van der Waals surface area contributed by atoms with Crippen LogP contribution in [0.2, 0.25) is 0 Å². The van der Waals surface area contributed by atoms with Crippen LogP contribution >= 0.6 is 0 Å². The third-order valence-corrected chi connectivity index (χ3v) is 7.35. The van der Waals surface area contributed by atoms with Crippen LogP contribution in [0.4, 0.5) is 4.79 Å². The summed E-state index contributed by atoms with van der Waals surface area (Å²) in [5, 5.41) is 12.3. The monoisotopic (exact) mass is 448 g/mol. The Labute approximate surface area is 192 Å². The number of aliphatic carboxylic acids is 1. The van der Waals surface area contributed by atoms with Crippen molar-refractivity contribution in [1.29, 1.82) is 0 Å². The lowest BCUT2D eigenvalue weighted by Gasteiger charge is -2.52. The molecule has 7 nitrogen and oxygen atoms in total. The lowest BCUT2D eigenvalue weighted by molar-refractivity contribution is -0.174. The molecule has 1 saturated heterocycles. The second kappa shape index (κ2) is 7.61. The van der Waals surface area contributed by atoms with Gasteiger partial charge in [0.25, 0.3) is 0 Å². The van der Waals surface area contributed by atoms with Crippen LogP contribution in [0.3, 0.4) is 0 Å². The number of hydrogen-bond acceptors (Lipinski definition) is 4. The van der Waals surface area contributed by atoms with Crippen LogP contribution < -0.4 is 5.32 Å². The zero-order valence-corrected chi connectivity index (χ0v) is 18.8. The Kier molecular flexibility index (Phi) is 4.96. The number of carbonyl (C=O) groups is 3. The van der Waals surface area contributed by atoms with Crippen LogP contribution in [0.1, 0.15) is 43.7 Å². The molecule has 0 radical (unpaired) electrons. The molecule has 0 bridgehead atoms. The van der Waals surface area contributed by atoms with Crippen molar-refractivity contribution in [2.24, 2.45) is 10.8 Å². The molecular formula is C26H28N2O5. The number of ether oxygens (including phenoxy) is 1. The van der Waals surface area contributed by atoms with Crippen molar-refractivity contribution >= 4 is 18.0 Å². The van der Waals surface area contributed by atoms with Gasteiger partial charge in [-0.1, -0.05) is 62.4 Å². The van der Waals surface area contributed by atoms with Gasteiger partial charge in [0.15, 0.2) is 0 Å². The maximum absolute atomic E-state index is 13.0. The highest BCUT2D eigenvalue weighted by Crippen LogP contribution is 2.50. The number of hydrogen-bond donors (Lipinski definition) is 2. The summed E-state index contributed by atoms with van der Waals surface area (Å²) >= 11 is 0. The average molecular weight is 449 g/mol. The van der Waals surface area contributed by atoms with Crippen molar-refractivity contribution in [3.63, 3.8) is 0 Å². The van der Waals surface area contributed by atoms with Gasteiger partial charge in [-0.15, -0.1) is 0 Å². The molecule has 2 aromatic carbocycles. The normalized spacial score (nSPS) is 21.4. The van der Waals surface area contributed by atoms with E-state index in [0.717, 1.165) is 22.3 Å². The van der Waals surface area contributed by atoms with Crippen molar-refractivity contribution in [2.75, 3.05) is 19.7 Å². The highest BCUT2D eigenvalue weighted by atomic mass is 16.5. The number of benzene rings is 2. The van der Waals surface area contributed by atoms with Crippen molar-refractivity contribution in [1.82, 2.24) is 10.2 Å². The second-order valence-electron chi connectivity index (χ2n) is 10.1. The minimum Gasteiger partial charge on any atom is -0.480 e. The fourth-order valence-electron chi connectivity index (χ4n) is 5.40. The molecular weight excluding hydrogens is 420 g/mol. The maximum atomic E-state index is 13.0. The lowest BCUT2D eigenvalue weighted by Crippen LogP contribution is -2.68. The van der Waals surface area contributed by atoms with Crippen LogP contribution in [0, 0.1) is 10.8 Å². The van der Waals surface area contributed by atoms with Crippen molar-refractivity contribution in [3.05, 3.63) is 59.7 Å². The molecule has 5 rings (SSSR count). The largest absolute Gasteiger partial charge is 0.480 e. The van der Waals surface area contributed by atoms with Crippen molar-refractivity contribution in [2.45, 2.75) is 38.6 Å². The first-order valence-electron chi connectivity index (χ1n) is 11.4. The SMILES string of the molecule is CC1(C)CN(C(=O)C2(CNC(=O)OCC3c4ccccc4-c4ccccc43)CC2)C1C(=O)O. The molecule has 2 amide bonds. The number of carboxylic acids is 1. The lowest BCUT2D eigenvalue weighted by atomic mass is 9.74. The van der Waals surface area contributed by atoms with E-state index in [0.29, 0.717) is 19.4 Å². The van der Waals surface area contributed by atoms with Gasteiger partial charge < -0.3 is 20.1 Å². The summed E-state index contributed by atoms with van der Waals surface area (Å²) < 4.78 is 5.57. The molecule has 1 atom stereocenters. The van der Waals surface area contributed by atoms with Gasteiger partial charge in [0, 0.05) is 24.4 Å². The van der Waals surface area contributed by atoms with Gasteiger partial charge in [-0.05, 0) is 35.1 Å². The number of fused-ring (bicyclic) bond motifs is 3. The summed E-state index contributed by atoms with van der Waals surface area (Å²) in [6, 6.07) is 15.5. The van der Waals surface area contributed by atoms with Crippen molar-refractivity contribution < 1.29 is 24.2 Å². The van der Waals surface area contributed by atoms with Crippen LogP contribution in [-0.2, 0) is 14.3 Å². The Balaban J connectivity index is 1.19. The molecule has 33 heavy (non-hydrogen) atoms. The number of rotatable bonds is 6. The number of carboxylic acid groups (broad SMARTS) is 1. The number of carbonyl (C=O) groups excluding carboxylic acids is 2. The highest BCUT2D eigenvalue weighted by Gasteiger charge is 2.60. The highest BCUT2D eigenvalue weighted by molar-refractivity contribution is 5.92. The first-order chi connectivity index (χ1) is 15.7. The quantitative estimate of drug-likeness (QED) is 0.704. The first kappa shape index (κ1) is 21.5. The molecule has 1 saturated carbocycles. The van der Waals surface area contributed by atoms with Gasteiger partial charge in [0.1, 0.15) is 12.6 Å². The Morgan fingerprint density at radius 1 is 1.03 bits per heavy atom. The number of amides is 2. The van der Waals surface area contributed by atoms with E-state index < -0.39 is 28.9 Å². The number of alkyl carbamates (subject to hydrolysis) is 1. The molecule has 2 aliphatic carbocycles. The van der Waals surface area contributed by atoms with Gasteiger partial charge in [-0.25, -0.2) is 9.59 Å². The molecule has 1 aliphatic heterocycles. The molecule has 1 unspecified atom stereocenters. The van der Waals surface area contributed by atoms with E-state index in [1.807, 2.05) is 38.1 Å².